The predicted octanol–water partition coefficient (Wildman–Crippen LogP) is 5.07. The lowest BCUT2D eigenvalue weighted by atomic mass is 9.83. The first kappa shape index (κ1) is 28.4. The third-order valence-corrected chi connectivity index (χ3v) is 7.44. The minimum absolute atomic E-state index is 0.113. The number of para-hydroxylation sites is 1. The quantitative estimate of drug-likeness (QED) is 0.256. The Balaban J connectivity index is 1.41. The van der Waals surface area contributed by atoms with Gasteiger partial charge in [0.1, 0.15) is 5.69 Å². The summed E-state index contributed by atoms with van der Waals surface area (Å²) in [5.41, 5.74) is 4.52. The van der Waals surface area contributed by atoms with E-state index < -0.39 is 0 Å². The third-order valence-electron chi connectivity index (χ3n) is 7.18. The molecule has 0 bridgehead atoms. The topological polar surface area (TPSA) is 105 Å². The highest BCUT2D eigenvalue weighted by molar-refractivity contribution is 6.30. The van der Waals surface area contributed by atoms with Gasteiger partial charge in [0, 0.05) is 40.8 Å². The highest BCUT2D eigenvalue weighted by atomic mass is 35.5. The number of hydrogen-bond acceptors (Lipinski definition) is 4. The molecule has 0 saturated heterocycles. The number of amides is 3. The van der Waals surface area contributed by atoms with Crippen LogP contribution in [0.4, 0.5) is 0 Å². The van der Waals surface area contributed by atoms with Gasteiger partial charge in [0.05, 0.1) is 12.0 Å². The van der Waals surface area contributed by atoms with Crippen molar-refractivity contribution < 1.29 is 14.4 Å². The Kier molecular flexibility index (Phi) is 9.41. The van der Waals surface area contributed by atoms with Gasteiger partial charge in [0.25, 0.3) is 11.8 Å². The molecule has 1 aromatic heterocycles. The number of carbonyl (C=O) groups excluding carboxylic acids is 3. The first-order valence-corrected chi connectivity index (χ1v) is 13.9. The number of nitrogens with zero attached hydrogens (tertiary/aromatic N) is 2. The molecule has 1 heterocycles. The van der Waals surface area contributed by atoms with Crippen LogP contribution >= 0.6 is 11.6 Å². The average Bonchev–Trinajstić information content (AvgIpc) is 3.25. The number of rotatable bonds is 9. The van der Waals surface area contributed by atoms with E-state index in [1.54, 1.807) is 30.5 Å². The summed E-state index contributed by atoms with van der Waals surface area (Å²) < 4.78 is 1.88. The Bertz CT molecular complexity index is 1350. The van der Waals surface area contributed by atoms with E-state index in [0.29, 0.717) is 35.0 Å². The Morgan fingerprint density at radius 1 is 1.05 bits per heavy atom. The van der Waals surface area contributed by atoms with E-state index in [1.807, 2.05) is 41.9 Å². The van der Waals surface area contributed by atoms with Gasteiger partial charge < -0.3 is 15.2 Å². The molecule has 3 N–H and O–H groups in total. The summed E-state index contributed by atoms with van der Waals surface area (Å²) in [5, 5.41) is 11.9. The normalized spacial score (nSPS) is 18.3. The number of halogens is 1. The van der Waals surface area contributed by atoms with Crippen LogP contribution in [0.15, 0.2) is 59.7 Å². The van der Waals surface area contributed by atoms with Crippen molar-refractivity contribution in [1.82, 2.24) is 20.6 Å². The van der Waals surface area contributed by atoms with E-state index in [9.17, 15) is 14.4 Å². The van der Waals surface area contributed by atoms with Crippen molar-refractivity contribution in [3.05, 3.63) is 70.9 Å². The number of benzene rings is 2. The largest absolute Gasteiger partial charge is 0.348 e. The van der Waals surface area contributed by atoms with E-state index >= 15 is 0 Å². The zero-order valence-electron chi connectivity index (χ0n) is 22.6. The van der Waals surface area contributed by atoms with Crippen molar-refractivity contribution >= 4 is 46.4 Å². The number of aromatic nitrogens is 1. The minimum atomic E-state index is -0.362. The molecule has 0 spiro atoms. The van der Waals surface area contributed by atoms with Gasteiger partial charge in [-0.1, -0.05) is 56.5 Å². The summed E-state index contributed by atoms with van der Waals surface area (Å²) in [6.07, 6.45) is 5.55. The molecular formula is C30H36ClN5O3. The lowest BCUT2D eigenvalue weighted by molar-refractivity contribution is -0.127. The van der Waals surface area contributed by atoms with Crippen LogP contribution in [-0.4, -0.2) is 40.6 Å². The smallest absolute Gasteiger partial charge is 0.271 e. The molecule has 4 rings (SSSR count). The molecule has 3 aromatic rings. The molecule has 3 amide bonds. The fourth-order valence-electron chi connectivity index (χ4n) is 5.17. The maximum absolute atomic E-state index is 13.4. The van der Waals surface area contributed by atoms with Crippen molar-refractivity contribution in [2.24, 2.45) is 24.0 Å². The fraction of sp³-hybridized carbons (Fsp3) is 0.400. The molecule has 1 unspecified atom stereocenters. The zero-order valence-corrected chi connectivity index (χ0v) is 23.4. The Hall–Kier alpha value is -3.65. The first-order valence-electron chi connectivity index (χ1n) is 13.5. The van der Waals surface area contributed by atoms with Gasteiger partial charge in [0.15, 0.2) is 0 Å². The number of carbonyl (C=O) groups is 3. The van der Waals surface area contributed by atoms with Crippen LogP contribution in [0.5, 0.6) is 0 Å². The van der Waals surface area contributed by atoms with E-state index in [2.05, 4.69) is 35.0 Å². The van der Waals surface area contributed by atoms with Gasteiger partial charge >= 0.3 is 0 Å². The maximum Gasteiger partial charge on any atom is 0.271 e. The highest BCUT2D eigenvalue weighted by Gasteiger charge is 2.33. The second kappa shape index (κ2) is 12.9. The van der Waals surface area contributed by atoms with Gasteiger partial charge in [-0.2, -0.15) is 5.10 Å². The SMILES string of the molecule is CC(C)CC(C=NNC(=O)c1ccc(Cl)cc1)NC(=O)[C@@H]1CCCC[C@@H]1NC(=O)c1cc2ccccc2n1C. The van der Waals surface area contributed by atoms with Crippen LogP contribution in [0.2, 0.25) is 5.02 Å². The lowest BCUT2D eigenvalue weighted by Gasteiger charge is -2.32. The first-order chi connectivity index (χ1) is 18.7. The van der Waals surface area contributed by atoms with Crippen molar-refractivity contribution in [1.29, 1.82) is 0 Å². The number of hydrogen-bond donors (Lipinski definition) is 3. The minimum Gasteiger partial charge on any atom is -0.348 e. The van der Waals surface area contributed by atoms with Crippen molar-refractivity contribution in [3.8, 4) is 0 Å². The van der Waals surface area contributed by atoms with Crippen LogP contribution in [0.3, 0.4) is 0 Å². The van der Waals surface area contributed by atoms with Crippen LogP contribution in [0, 0.1) is 11.8 Å². The summed E-state index contributed by atoms with van der Waals surface area (Å²) in [5.74, 6) is -0.700. The van der Waals surface area contributed by atoms with Gasteiger partial charge in [0.2, 0.25) is 5.91 Å². The standard InChI is InChI=1S/C30H36ClN5O3/c1-19(2)16-23(18-32-35-28(37)20-12-14-22(31)15-13-20)33-29(38)24-9-5-6-10-25(24)34-30(39)27-17-21-8-4-7-11-26(21)36(27)3/h4,7-8,11-15,17-19,23-25H,5-6,9-10,16H2,1-3H3,(H,33,38)(H,34,39)(H,35,37)/t23?,24-,25+/m1/s1. The molecule has 1 saturated carbocycles. The molecule has 206 valence electrons. The molecule has 1 fully saturated rings. The maximum atomic E-state index is 13.4. The average molecular weight is 550 g/mol. The number of fused-ring (bicyclic) bond motifs is 1. The van der Waals surface area contributed by atoms with Gasteiger partial charge in [-0.15, -0.1) is 0 Å². The molecule has 9 heteroatoms. The monoisotopic (exact) mass is 549 g/mol. The Morgan fingerprint density at radius 3 is 2.49 bits per heavy atom. The second-order valence-corrected chi connectivity index (χ2v) is 11.0. The van der Waals surface area contributed by atoms with Crippen LogP contribution in [0.25, 0.3) is 10.9 Å². The third kappa shape index (κ3) is 7.26. The summed E-state index contributed by atoms with van der Waals surface area (Å²) in [7, 11) is 1.88. The van der Waals surface area contributed by atoms with Crippen LogP contribution in [0.1, 0.15) is 66.8 Å². The second-order valence-electron chi connectivity index (χ2n) is 10.6. The summed E-state index contributed by atoms with van der Waals surface area (Å²) in [6.45, 7) is 4.12. The van der Waals surface area contributed by atoms with E-state index in [4.69, 9.17) is 11.6 Å². The number of aryl methyl sites for hydroxylation is 1. The van der Waals surface area contributed by atoms with E-state index in [0.717, 1.165) is 30.2 Å². The molecule has 3 atom stereocenters. The van der Waals surface area contributed by atoms with Crippen molar-refractivity contribution in [2.45, 2.75) is 58.0 Å². The zero-order chi connectivity index (χ0) is 27.9. The van der Waals surface area contributed by atoms with E-state index in [-0.39, 0.29) is 35.7 Å². The predicted molar refractivity (Wildman–Crippen MR) is 155 cm³/mol. The fourth-order valence-corrected chi connectivity index (χ4v) is 5.30. The van der Waals surface area contributed by atoms with Gasteiger partial charge in [-0.25, -0.2) is 5.43 Å². The van der Waals surface area contributed by atoms with Gasteiger partial charge in [-0.3, -0.25) is 14.4 Å². The molecule has 1 aliphatic carbocycles. The Labute approximate surface area is 234 Å². The van der Waals surface area contributed by atoms with Crippen molar-refractivity contribution in [2.75, 3.05) is 0 Å². The van der Waals surface area contributed by atoms with E-state index in [1.165, 1.54) is 0 Å². The number of nitrogens with one attached hydrogen (secondary N) is 3. The summed E-state index contributed by atoms with van der Waals surface area (Å²) >= 11 is 5.89. The van der Waals surface area contributed by atoms with Crippen LogP contribution < -0.4 is 16.1 Å². The lowest BCUT2D eigenvalue weighted by Crippen LogP contribution is -2.51. The highest BCUT2D eigenvalue weighted by Crippen LogP contribution is 2.26. The summed E-state index contributed by atoms with van der Waals surface area (Å²) in [6, 6.07) is 15.7. The summed E-state index contributed by atoms with van der Waals surface area (Å²) in [4.78, 5) is 39.1. The molecule has 39 heavy (non-hydrogen) atoms. The molecule has 0 aliphatic heterocycles. The molecule has 8 nitrogen and oxygen atoms in total. The molecule has 2 aromatic carbocycles. The number of hydrazone groups is 1. The Morgan fingerprint density at radius 2 is 1.77 bits per heavy atom. The van der Waals surface area contributed by atoms with Crippen molar-refractivity contribution in [3.63, 3.8) is 0 Å². The molecule has 1 aliphatic rings. The molecular weight excluding hydrogens is 514 g/mol. The van der Waals surface area contributed by atoms with Crippen LogP contribution in [-0.2, 0) is 11.8 Å². The van der Waals surface area contributed by atoms with Gasteiger partial charge in [-0.05, 0) is 61.6 Å². The molecule has 0 radical (unpaired) electrons.